The van der Waals surface area contributed by atoms with Gasteiger partial charge in [-0.15, -0.1) is 11.3 Å². The van der Waals surface area contributed by atoms with Gasteiger partial charge < -0.3 is 14.7 Å². The third-order valence-electron chi connectivity index (χ3n) is 3.42. The molecule has 2 aromatic heterocycles. The van der Waals surface area contributed by atoms with Gasteiger partial charge in [-0.1, -0.05) is 0 Å². The van der Waals surface area contributed by atoms with E-state index in [-0.39, 0.29) is 0 Å². The van der Waals surface area contributed by atoms with Crippen molar-refractivity contribution in [2.75, 3.05) is 31.2 Å². The SMILES string of the molecule is Cc1c(C(=O)O)sc2ncnc(N3CCCOCC3)c12. The molecule has 1 fully saturated rings. The lowest BCUT2D eigenvalue weighted by Crippen LogP contribution is -2.27. The van der Waals surface area contributed by atoms with Crippen molar-refractivity contribution in [3.05, 3.63) is 16.8 Å². The maximum Gasteiger partial charge on any atom is 0.346 e. The summed E-state index contributed by atoms with van der Waals surface area (Å²) in [7, 11) is 0. The van der Waals surface area contributed by atoms with Crippen molar-refractivity contribution >= 4 is 33.3 Å². The Hall–Kier alpha value is -1.73. The number of aryl methyl sites for hydroxylation is 1. The predicted octanol–water partition coefficient (Wildman–Crippen LogP) is 1.92. The van der Waals surface area contributed by atoms with E-state index in [4.69, 9.17) is 4.74 Å². The summed E-state index contributed by atoms with van der Waals surface area (Å²) in [6.07, 6.45) is 2.45. The van der Waals surface area contributed by atoms with Gasteiger partial charge in [0, 0.05) is 19.7 Å². The van der Waals surface area contributed by atoms with Gasteiger partial charge in [0.1, 0.15) is 21.9 Å². The Morgan fingerprint density at radius 2 is 2.25 bits per heavy atom. The summed E-state index contributed by atoms with van der Waals surface area (Å²) in [4.78, 5) is 23.1. The molecule has 0 radical (unpaired) electrons. The molecule has 3 heterocycles. The number of aromatic nitrogens is 2. The molecule has 0 saturated carbocycles. The van der Waals surface area contributed by atoms with Crippen molar-refractivity contribution in [3.63, 3.8) is 0 Å². The van der Waals surface area contributed by atoms with E-state index >= 15 is 0 Å². The van der Waals surface area contributed by atoms with Gasteiger partial charge in [0.2, 0.25) is 0 Å². The number of hydrogen-bond donors (Lipinski definition) is 1. The molecule has 1 aliphatic heterocycles. The molecule has 0 bridgehead atoms. The average Bonchev–Trinajstić information content (AvgIpc) is 2.64. The van der Waals surface area contributed by atoms with E-state index in [9.17, 15) is 9.90 Å². The van der Waals surface area contributed by atoms with Crippen LogP contribution in [0.15, 0.2) is 6.33 Å². The number of thiophene rings is 1. The quantitative estimate of drug-likeness (QED) is 0.911. The number of nitrogens with zero attached hydrogens (tertiary/aromatic N) is 3. The summed E-state index contributed by atoms with van der Waals surface area (Å²) in [6, 6.07) is 0. The fourth-order valence-electron chi connectivity index (χ4n) is 2.45. The van der Waals surface area contributed by atoms with E-state index < -0.39 is 5.97 Å². The smallest absolute Gasteiger partial charge is 0.346 e. The van der Waals surface area contributed by atoms with E-state index in [0.717, 1.165) is 47.7 Å². The number of anilines is 1. The number of rotatable bonds is 2. The van der Waals surface area contributed by atoms with Gasteiger partial charge in [0.25, 0.3) is 0 Å². The highest BCUT2D eigenvalue weighted by atomic mass is 32.1. The summed E-state index contributed by atoms with van der Waals surface area (Å²) in [5, 5.41) is 10.1. The molecule has 7 heteroatoms. The van der Waals surface area contributed by atoms with Crippen molar-refractivity contribution in [1.29, 1.82) is 0 Å². The van der Waals surface area contributed by atoms with E-state index in [2.05, 4.69) is 14.9 Å². The normalized spacial score (nSPS) is 16.4. The summed E-state index contributed by atoms with van der Waals surface area (Å²) in [5.74, 6) is -0.0857. The summed E-state index contributed by atoms with van der Waals surface area (Å²) in [6.45, 7) is 4.88. The molecular weight excluding hydrogens is 278 g/mol. The van der Waals surface area contributed by atoms with E-state index in [0.29, 0.717) is 11.5 Å². The van der Waals surface area contributed by atoms with Crippen molar-refractivity contribution in [3.8, 4) is 0 Å². The van der Waals surface area contributed by atoms with E-state index in [1.165, 1.54) is 17.7 Å². The molecule has 1 aliphatic rings. The van der Waals surface area contributed by atoms with Gasteiger partial charge in [-0.25, -0.2) is 14.8 Å². The first-order valence-electron chi connectivity index (χ1n) is 6.48. The molecule has 3 rings (SSSR count). The molecule has 0 atom stereocenters. The number of carboxylic acid groups (broad SMARTS) is 1. The number of ether oxygens (including phenoxy) is 1. The van der Waals surface area contributed by atoms with Gasteiger partial charge >= 0.3 is 5.97 Å². The van der Waals surface area contributed by atoms with Crippen LogP contribution in [0, 0.1) is 6.92 Å². The molecule has 0 unspecified atom stereocenters. The van der Waals surface area contributed by atoms with Crippen LogP contribution in [0.3, 0.4) is 0 Å². The summed E-state index contributed by atoms with van der Waals surface area (Å²) in [5.41, 5.74) is 0.748. The zero-order valence-corrected chi connectivity index (χ0v) is 11.9. The average molecular weight is 293 g/mol. The van der Waals surface area contributed by atoms with Crippen molar-refractivity contribution in [2.45, 2.75) is 13.3 Å². The molecule has 20 heavy (non-hydrogen) atoms. The molecule has 0 amide bonds. The highest BCUT2D eigenvalue weighted by Gasteiger charge is 2.21. The molecule has 2 aromatic rings. The largest absolute Gasteiger partial charge is 0.477 e. The number of fused-ring (bicyclic) bond motifs is 1. The third kappa shape index (κ3) is 2.23. The maximum absolute atomic E-state index is 11.3. The van der Waals surface area contributed by atoms with E-state index in [1.54, 1.807) is 0 Å². The summed E-state index contributed by atoms with van der Waals surface area (Å²) >= 11 is 1.21. The molecule has 1 N–H and O–H groups in total. The molecule has 0 aromatic carbocycles. The second-order valence-electron chi connectivity index (χ2n) is 4.69. The minimum absolute atomic E-state index is 0.341. The van der Waals surface area contributed by atoms with Crippen molar-refractivity contribution in [2.24, 2.45) is 0 Å². The number of hydrogen-bond acceptors (Lipinski definition) is 6. The van der Waals surface area contributed by atoms with Crippen LogP contribution in [0.25, 0.3) is 10.2 Å². The van der Waals surface area contributed by atoms with Crippen molar-refractivity contribution in [1.82, 2.24) is 9.97 Å². The van der Waals surface area contributed by atoms with Crippen molar-refractivity contribution < 1.29 is 14.6 Å². The highest BCUT2D eigenvalue weighted by Crippen LogP contribution is 2.34. The third-order valence-corrected chi connectivity index (χ3v) is 4.61. The van der Waals surface area contributed by atoms with Crippen LogP contribution in [0.1, 0.15) is 21.7 Å². The fourth-order valence-corrected chi connectivity index (χ4v) is 3.44. The van der Waals surface area contributed by atoms with Gasteiger partial charge in [-0.3, -0.25) is 0 Å². The van der Waals surface area contributed by atoms with Crippen LogP contribution in [0.4, 0.5) is 5.82 Å². The number of aromatic carboxylic acids is 1. The lowest BCUT2D eigenvalue weighted by Gasteiger charge is -2.21. The first kappa shape index (κ1) is 13.3. The zero-order valence-electron chi connectivity index (χ0n) is 11.1. The lowest BCUT2D eigenvalue weighted by atomic mass is 10.2. The van der Waals surface area contributed by atoms with Crippen LogP contribution in [0.2, 0.25) is 0 Å². The fraction of sp³-hybridized carbons (Fsp3) is 0.462. The van der Waals surface area contributed by atoms with Gasteiger partial charge in [-0.2, -0.15) is 0 Å². The first-order valence-corrected chi connectivity index (χ1v) is 7.30. The number of carbonyl (C=O) groups is 1. The molecule has 6 nitrogen and oxygen atoms in total. The Morgan fingerprint density at radius 1 is 1.40 bits per heavy atom. The number of carboxylic acids is 1. The Balaban J connectivity index is 2.12. The van der Waals surface area contributed by atoms with Crippen LogP contribution in [0.5, 0.6) is 0 Å². The molecule has 0 spiro atoms. The highest BCUT2D eigenvalue weighted by molar-refractivity contribution is 7.20. The van der Waals surface area contributed by atoms with Crippen LogP contribution >= 0.6 is 11.3 Å². The predicted molar refractivity (Wildman–Crippen MR) is 76.8 cm³/mol. The zero-order chi connectivity index (χ0) is 14.1. The molecule has 106 valence electrons. The Morgan fingerprint density at radius 3 is 3.05 bits per heavy atom. The topological polar surface area (TPSA) is 75.5 Å². The van der Waals surface area contributed by atoms with Crippen LogP contribution in [-0.2, 0) is 4.74 Å². The van der Waals surface area contributed by atoms with E-state index in [1.807, 2.05) is 6.92 Å². The summed E-state index contributed by atoms with van der Waals surface area (Å²) < 4.78 is 5.46. The van der Waals surface area contributed by atoms with Gasteiger partial charge in [0.15, 0.2) is 0 Å². The maximum atomic E-state index is 11.3. The second-order valence-corrected chi connectivity index (χ2v) is 5.69. The minimum atomic E-state index is -0.907. The van der Waals surface area contributed by atoms with Crippen LogP contribution in [-0.4, -0.2) is 47.3 Å². The molecular formula is C13H15N3O3S. The van der Waals surface area contributed by atoms with Crippen LogP contribution < -0.4 is 4.90 Å². The Kier molecular flexibility index (Phi) is 3.54. The van der Waals surface area contributed by atoms with Gasteiger partial charge in [-0.05, 0) is 18.9 Å². The minimum Gasteiger partial charge on any atom is -0.477 e. The molecule has 0 aliphatic carbocycles. The second kappa shape index (κ2) is 5.34. The first-order chi connectivity index (χ1) is 9.68. The lowest BCUT2D eigenvalue weighted by molar-refractivity contribution is 0.0701. The Labute approximate surface area is 120 Å². The molecule has 1 saturated heterocycles. The Bertz CT molecular complexity index is 648. The standard InChI is InChI=1S/C13H15N3O3S/c1-8-9-11(16-3-2-5-19-6-4-16)14-7-15-12(9)20-10(8)13(17)18/h7H,2-6H2,1H3,(H,17,18). The van der Waals surface area contributed by atoms with Gasteiger partial charge in [0.05, 0.1) is 12.0 Å². The monoisotopic (exact) mass is 293 g/mol.